The van der Waals surface area contributed by atoms with Gasteiger partial charge in [-0.3, -0.25) is 13.9 Å². The zero-order valence-electron chi connectivity index (χ0n) is 16.4. The van der Waals surface area contributed by atoms with Gasteiger partial charge in [0.05, 0.1) is 12.5 Å². The van der Waals surface area contributed by atoms with Crippen LogP contribution < -0.4 is 21.3 Å². The average molecular weight is 396 g/mol. The lowest BCUT2D eigenvalue weighted by Gasteiger charge is -2.16. The van der Waals surface area contributed by atoms with Crippen molar-refractivity contribution in [2.45, 2.75) is 39.3 Å². The quantitative estimate of drug-likeness (QED) is 0.587. The zero-order chi connectivity index (χ0) is 20.7. The van der Waals surface area contributed by atoms with E-state index in [0.29, 0.717) is 23.6 Å². The Labute approximate surface area is 166 Å². The van der Waals surface area contributed by atoms with Crippen molar-refractivity contribution < 1.29 is 9.90 Å². The Bertz CT molecular complexity index is 1200. The molecule has 0 unspecified atom stereocenters. The first-order valence-corrected chi connectivity index (χ1v) is 9.68. The summed E-state index contributed by atoms with van der Waals surface area (Å²) in [5.74, 6) is -0.922. The number of unbranched alkanes of at least 4 members (excludes halogenated alkanes) is 1. The number of hydrogen-bond donors (Lipinski definition) is 0. The number of anilines is 2. The number of nitrogens with zero attached hydrogens (tertiary/aromatic N) is 5. The summed E-state index contributed by atoms with van der Waals surface area (Å²) >= 11 is 0. The van der Waals surface area contributed by atoms with Crippen molar-refractivity contribution >= 4 is 28.8 Å². The van der Waals surface area contributed by atoms with E-state index in [-0.39, 0.29) is 11.2 Å². The van der Waals surface area contributed by atoms with Crippen LogP contribution in [0.4, 0.5) is 11.6 Å². The number of carboxylic acid groups (broad SMARTS) is 1. The molecule has 0 aliphatic carbocycles. The third kappa shape index (κ3) is 3.12. The standard InChI is InChI=1S/C20H23N5O4/c1-3-4-5-13-6-8-14(9-7-13)23-10-11-24-16-17(21-19(23)24)22(2)20(29)25(18(16)28)12-15(26)27/h6-9H,3-5,10-12H2,1-2H3,(H,26,27)/p-1. The third-order valence-corrected chi connectivity index (χ3v) is 5.36. The third-order valence-electron chi connectivity index (χ3n) is 5.36. The lowest BCUT2D eigenvalue weighted by atomic mass is 10.1. The number of carboxylic acids is 1. The minimum atomic E-state index is -1.49. The molecular weight excluding hydrogens is 374 g/mol. The molecule has 1 aliphatic rings. The monoisotopic (exact) mass is 396 g/mol. The summed E-state index contributed by atoms with van der Waals surface area (Å²) in [7, 11) is 1.48. The van der Waals surface area contributed by atoms with Crippen LogP contribution in [0, 0.1) is 0 Å². The Morgan fingerprint density at radius 2 is 1.90 bits per heavy atom. The number of fused-ring (bicyclic) bond motifs is 3. The van der Waals surface area contributed by atoms with Crippen LogP contribution in [0.1, 0.15) is 25.3 Å². The highest BCUT2D eigenvalue weighted by atomic mass is 16.4. The summed E-state index contributed by atoms with van der Waals surface area (Å²) in [6.07, 6.45) is 3.33. The number of aryl methyl sites for hydroxylation is 2. The molecule has 0 radical (unpaired) electrons. The number of carbonyl (C=O) groups is 1. The second kappa shape index (κ2) is 7.23. The first-order valence-electron chi connectivity index (χ1n) is 9.68. The molecule has 0 bridgehead atoms. The molecule has 0 saturated carbocycles. The molecule has 9 heteroatoms. The molecule has 0 atom stereocenters. The summed E-state index contributed by atoms with van der Waals surface area (Å²) in [4.78, 5) is 42.7. The van der Waals surface area contributed by atoms with Gasteiger partial charge in [-0.05, 0) is 30.5 Å². The Morgan fingerprint density at radius 3 is 2.55 bits per heavy atom. The van der Waals surface area contributed by atoms with Crippen LogP contribution >= 0.6 is 0 Å². The maximum absolute atomic E-state index is 12.8. The van der Waals surface area contributed by atoms with E-state index in [2.05, 4.69) is 24.0 Å². The molecule has 0 N–H and O–H groups in total. The maximum atomic E-state index is 12.8. The van der Waals surface area contributed by atoms with Crippen molar-refractivity contribution in [1.29, 1.82) is 0 Å². The van der Waals surface area contributed by atoms with Crippen LogP contribution in [0.15, 0.2) is 33.9 Å². The number of rotatable bonds is 6. The lowest BCUT2D eigenvalue weighted by molar-refractivity contribution is -0.306. The predicted molar refractivity (Wildman–Crippen MR) is 106 cm³/mol. The molecule has 3 heterocycles. The van der Waals surface area contributed by atoms with E-state index in [1.54, 1.807) is 4.57 Å². The Balaban J connectivity index is 1.79. The van der Waals surface area contributed by atoms with E-state index in [4.69, 9.17) is 0 Å². The molecule has 29 heavy (non-hydrogen) atoms. The smallest absolute Gasteiger partial charge is 0.332 e. The van der Waals surface area contributed by atoms with Crippen molar-refractivity contribution in [3.05, 3.63) is 50.7 Å². The number of imidazole rings is 1. The van der Waals surface area contributed by atoms with Gasteiger partial charge in [-0.25, -0.2) is 4.79 Å². The molecule has 0 amide bonds. The Hall–Kier alpha value is -3.36. The predicted octanol–water partition coefficient (Wildman–Crippen LogP) is 0.141. The van der Waals surface area contributed by atoms with Gasteiger partial charge in [-0.1, -0.05) is 25.5 Å². The van der Waals surface area contributed by atoms with E-state index in [1.807, 2.05) is 17.0 Å². The molecule has 3 aromatic rings. The molecule has 4 rings (SSSR count). The largest absolute Gasteiger partial charge is 0.548 e. The van der Waals surface area contributed by atoms with E-state index in [1.165, 1.54) is 17.2 Å². The van der Waals surface area contributed by atoms with Crippen molar-refractivity contribution in [1.82, 2.24) is 18.7 Å². The molecule has 2 aromatic heterocycles. The van der Waals surface area contributed by atoms with Crippen LogP contribution in [0.25, 0.3) is 11.2 Å². The van der Waals surface area contributed by atoms with Crippen molar-refractivity contribution in [3.63, 3.8) is 0 Å². The summed E-state index contributed by atoms with van der Waals surface area (Å²) in [6, 6.07) is 8.26. The highest BCUT2D eigenvalue weighted by Crippen LogP contribution is 2.31. The minimum absolute atomic E-state index is 0.227. The lowest BCUT2D eigenvalue weighted by Crippen LogP contribution is -2.44. The normalized spacial score (nSPS) is 13.2. The van der Waals surface area contributed by atoms with Crippen molar-refractivity contribution in [2.24, 2.45) is 7.05 Å². The summed E-state index contributed by atoms with van der Waals surface area (Å²) in [6.45, 7) is 2.53. The Kier molecular flexibility index (Phi) is 4.73. The van der Waals surface area contributed by atoms with Gasteiger partial charge in [0, 0.05) is 25.8 Å². The highest BCUT2D eigenvalue weighted by molar-refractivity contribution is 5.78. The molecule has 0 saturated heterocycles. The van der Waals surface area contributed by atoms with Crippen LogP contribution in [0.5, 0.6) is 0 Å². The number of aliphatic carboxylic acids is 1. The number of hydrogen-bond acceptors (Lipinski definition) is 6. The van der Waals surface area contributed by atoms with Gasteiger partial charge < -0.3 is 19.4 Å². The fourth-order valence-corrected chi connectivity index (χ4v) is 3.81. The van der Waals surface area contributed by atoms with Crippen molar-refractivity contribution in [3.8, 4) is 0 Å². The van der Waals surface area contributed by atoms with Crippen LogP contribution in [0.2, 0.25) is 0 Å². The van der Waals surface area contributed by atoms with Gasteiger partial charge >= 0.3 is 5.69 Å². The van der Waals surface area contributed by atoms with Crippen LogP contribution in [0.3, 0.4) is 0 Å². The first-order chi connectivity index (χ1) is 13.9. The summed E-state index contributed by atoms with van der Waals surface area (Å²) in [5, 5.41) is 11.0. The fraction of sp³-hybridized carbons (Fsp3) is 0.400. The zero-order valence-corrected chi connectivity index (χ0v) is 16.4. The minimum Gasteiger partial charge on any atom is -0.548 e. The van der Waals surface area contributed by atoms with E-state index < -0.39 is 23.8 Å². The molecule has 152 valence electrons. The van der Waals surface area contributed by atoms with Gasteiger partial charge in [0.1, 0.15) is 0 Å². The second-order valence-electron chi connectivity index (χ2n) is 7.26. The second-order valence-corrected chi connectivity index (χ2v) is 7.26. The Morgan fingerprint density at radius 1 is 1.17 bits per heavy atom. The molecule has 9 nitrogen and oxygen atoms in total. The van der Waals surface area contributed by atoms with Crippen LogP contribution in [-0.2, 0) is 31.4 Å². The number of benzene rings is 1. The topological polar surface area (TPSA) is 105 Å². The van der Waals surface area contributed by atoms with Gasteiger partial charge in [0.2, 0.25) is 5.95 Å². The number of aromatic nitrogens is 4. The average Bonchev–Trinajstić information content (AvgIpc) is 3.27. The van der Waals surface area contributed by atoms with Gasteiger partial charge in [-0.2, -0.15) is 4.98 Å². The maximum Gasteiger partial charge on any atom is 0.332 e. The molecular formula is C20H22N5O4-. The SMILES string of the molecule is CCCCc1ccc(N2CCn3c2nc2c3c(=O)n(CC(=O)[O-])c(=O)n2C)cc1. The summed E-state index contributed by atoms with van der Waals surface area (Å²) < 4.78 is 3.63. The van der Waals surface area contributed by atoms with E-state index >= 15 is 0 Å². The van der Waals surface area contributed by atoms with Gasteiger partial charge in [-0.15, -0.1) is 0 Å². The van der Waals surface area contributed by atoms with Gasteiger partial charge in [0.25, 0.3) is 5.56 Å². The molecule has 0 spiro atoms. The summed E-state index contributed by atoms with van der Waals surface area (Å²) in [5.41, 5.74) is 1.31. The molecule has 1 aromatic carbocycles. The first kappa shape index (κ1) is 19.0. The fourth-order valence-electron chi connectivity index (χ4n) is 3.81. The number of carbonyl (C=O) groups excluding carboxylic acids is 1. The molecule has 0 fully saturated rings. The van der Waals surface area contributed by atoms with Gasteiger partial charge in [0.15, 0.2) is 11.2 Å². The van der Waals surface area contributed by atoms with Crippen LogP contribution in [-0.4, -0.2) is 31.2 Å². The van der Waals surface area contributed by atoms with E-state index in [0.717, 1.165) is 24.9 Å². The van der Waals surface area contributed by atoms with Crippen molar-refractivity contribution in [2.75, 3.05) is 11.4 Å². The highest BCUT2D eigenvalue weighted by Gasteiger charge is 2.28. The molecule has 1 aliphatic heterocycles. The van der Waals surface area contributed by atoms with E-state index in [9.17, 15) is 19.5 Å².